The van der Waals surface area contributed by atoms with Gasteiger partial charge >= 0.3 is 0 Å². The second-order valence-corrected chi connectivity index (χ2v) is 5.04. The standard InChI is InChI=1S/C18H21N3O3/c1-13(14-4-8-16(23-2)9-5-14)20-21-18(22)12-19-15-6-10-17(24-3)11-7-15/h4-11,19H,12H2,1-3H3,(H,21,22)/b20-13+. The summed E-state index contributed by atoms with van der Waals surface area (Å²) >= 11 is 0. The van der Waals surface area contributed by atoms with Crippen LogP contribution >= 0.6 is 0 Å². The zero-order valence-electron chi connectivity index (χ0n) is 14.0. The van der Waals surface area contributed by atoms with Crippen LogP contribution in [0.15, 0.2) is 53.6 Å². The van der Waals surface area contributed by atoms with Gasteiger partial charge in [0, 0.05) is 5.69 Å². The molecule has 0 heterocycles. The fourth-order valence-corrected chi connectivity index (χ4v) is 1.97. The van der Waals surface area contributed by atoms with Gasteiger partial charge in [-0.3, -0.25) is 4.79 Å². The lowest BCUT2D eigenvalue weighted by molar-refractivity contribution is -0.119. The fraction of sp³-hybridized carbons (Fsp3) is 0.222. The number of carbonyl (C=O) groups is 1. The number of hydrogen-bond donors (Lipinski definition) is 2. The zero-order chi connectivity index (χ0) is 17.4. The molecule has 0 aliphatic rings. The maximum Gasteiger partial charge on any atom is 0.259 e. The molecule has 0 radical (unpaired) electrons. The Kier molecular flexibility index (Phi) is 6.19. The Hall–Kier alpha value is -3.02. The smallest absolute Gasteiger partial charge is 0.259 e. The molecule has 24 heavy (non-hydrogen) atoms. The molecule has 0 saturated heterocycles. The van der Waals surface area contributed by atoms with Crippen molar-refractivity contribution in [3.63, 3.8) is 0 Å². The molecule has 6 nitrogen and oxygen atoms in total. The van der Waals surface area contributed by atoms with Gasteiger partial charge in [-0.05, 0) is 61.0 Å². The molecular weight excluding hydrogens is 306 g/mol. The first-order valence-corrected chi connectivity index (χ1v) is 7.48. The molecule has 0 aliphatic carbocycles. The Labute approximate surface area is 141 Å². The van der Waals surface area contributed by atoms with Crippen LogP contribution in [-0.2, 0) is 4.79 Å². The van der Waals surface area contributed by atoms with Crippen molar-refractivity contribution in [2.45, 2.75) is 6.92 Å². The summed E-state index contributed by atoms with van der Waals surface area (Å²) in [7, 11) is 3.23. The van der Waals surface area contributed by atoms with Gasteiger partial charge in [-0.25, -0.2) is 5.43 Å². The lowest BCUT2D eigenvalue weighted by Crippen LogP contribution is -2.26. The molecular formula is C18H21N3O3. The molecule has 2 aromatic carbocycles. The first-order valence-electron chi connectivity index (χ1n) is 7.48. The van der Waals surface area contributed by atoms with E-state index in [-0.39, 0.29) is 12.5 Å². The second-order valence-electron chi connectivity index (χ2n) is 5.04. The van der Waals surface area contributed by atoms with Crippen LogP contribution in [0.2, 0.25) is 0 Å². The molecule has 1 amide bonds. The monoisotopic (exact) mass is 327 g/mol. The minimum absolute atomic E-state index is 0.131. The highest BCUT2D eigenvalue weighted by Crippen LogP contribution is 2.14. The van der Waals surface area contributed by atoms with Crippen molar-refractivity contribution in [1.82, 2.24) is 5.43 Å². The van der Waals surface area contributed by atoms with E-state index >= 15 is 0 Å². The number of nitrogens with one attached hydrogen (secondary N) is 2. The van der Waals surface area contributed by atoms with E-state index in [4.69, 9.17) is 9.47 Å². The molecule has 2 N–H and O–H groups in total. The van der Waals surface area contributed by atoms with E-state index in [1.165, 1.54) is 0 Å². The zero-order valence-corrected chi connectivity index (χ0v) is 14.0. The highest BCUT2D eigenvalue weighted by molar-refractivity contribution is 5.99. The van der Waals surface area contributed by atoms with Crippen molar-refractivity contribution in [3.05, 3.63) is 54.1 Å². The Balaban J connectivity index is 1.84. The lowest BCUT2D eigenvalue weighted by atomic mass is 10.1. The van der Waals surface area contributed by atoms with Crippen molar-refractivity contribution in [2.24, 2.45) is 5.10 Å². The third kappa shape index (κ3) is 5.01. The van der Waals surface area contributed by atoms with E-state index < -0.39 is 0 Å². The topological polar surface area (TPSA) is 72.0 Å². The third-order valence-electron chi connectivity index (χ3n) is 3.40. The second kappa shape index (κ2) is 8.57. The van der Waals surface area contributed by atoms with Crippen molar-refractivity contribution in [3.8, 4) is 11.5 Å². The average molecular weight is 327 g/mol. The van der Waals surface area contributed by atoms with Gasteiger partial charge in [0.1, 0.15) is 11.5 Å². The highest BCUT2D eigenvalue weighted by atomic mass is 16.5. The Morgan fingerprint density at radius 1 is 0.958 bits per heavy atom. The van der Waals surface area contributed by atoms with Gasteiger partial charge in [-0.15, -0.1) is 0 Å². The number of hydrazone groups is 1. The minimum Gasteiger partial charge on any atom is -0.497 e. The van der Waals surface area contributed by atoms with Gasteiger partial charge in [0.25, 0.3) is 5.91 Å². The molecule has 126 valence electrons. The normalized spacial score (nSPS) is 10.9. The number of amides is 1. The fourth-order valence-electron chi connectivity index (χ4n) is 1.97. The molecule has 0 spiro atoms. The summed E-state index contributed by atoms with van der Waals surface area (Å²) < 4.78 is 10.2. The Bertz CT molecular complexity index is 694. The van der Waals surface area contributed by atoms with Gasteiger partial charge in [-0.1, -0.05) is 0 Å². The van der Waals surface area contributed by atoms with Gasteiger partial charge in [-0.2, -0.15) is 5.10 Å². The summed E-state index contributed by atoms with van der Waals surface area (Å²) in [4.78, 5) is 11.9. The maximum absolute atomic E-state index is 11.9. The number of rotatable bonds is 7. The van der Waals surface area contributed by atoms with Gasteiger partial charge < -0.3 is 14.8 Å². The van der Waals surface area contributed by atoms with Crippen LogP contribution < -0.4 is 20.2 Å². The van der Waals surface area contributed by atoms with Crippen molar-refractivity contribution in [1.29, 1.82) is 0 Å². The van der Waals surface area contributed by atoms with E-state index in [2.05, 4.69) is 15.8 Å². The molecule has 0 atom stereocenters. The summed E-state index contributed by atoms with van der Waals surface area (Å²) in [5.41, 5.74) is 5.00. The predicted molar refractivity (Wildman–Crippen MR) is 94.8 cm³/mol. The molecule has 0 unspecified atom stereocenters. The van der Waals surface area contributed by atoms with E-state index in [0.29, 0.717) is 0 Å². The van der Waals surface area contributed by atoms with E-state index in [9.17, 15) is 4.79 Å². The number of methoxy groups -OCH3 is 2. The molecule has 2 rings (SSSR count). The summed E-state index contributed by atoms with van der Waals surface area (Å²) in [5, 5.41) is 7.13. The van der Waals surface area contributed by atoms with Crippen molar-refractivity contribution < 1.29 is 14.3 Å². The van der Waals surface area contributed by atoms with Crippen LogP contribution in [0.3, 0.4) is 0 Å². The average Bonchev–Trinajstić information content (AvgIpc) is 2.64. The number of anilines is 1. The highest BCUT2D eigenvalue weighted by Gasteiger charge is 2.02. The van der Waals surface area contributed by atoms with Gasteiger partial charge in [0.05, 0.1) is 26.5 Å². The summed E-state index contributed by atoms with van der Waals surface area (Å²) in [6.45, 7) is 1.96. The number of carbonyl (C=O) groups excluding carboxylic acids is 1. The van der Waals surface area contributed by atoms with Crippen molar-refractivity contribution >= 4 is 17.3 Å². The minimum atomic E-state index is -0.223. The van der Waals surface area contributed by atoms with Crippen LogP contribution in [0.1, 0.15) is 12.5 Å². The number of nitrogens with zero attached hydrogens (tertiary/aromatic N) is 1. The van der Waals surface area contributed by atoms with Gasteiger partial charge in [0.2, 0.25) is 0 Å². The Morgan fingerprint density at radius 3 is 2.04 bits per heavy atom. The molecule has 0 fully saturated rings. The van der Waals surface area contributed by atoms with Crippen LogP contribution in [0.5, 0.6) is 11.5 Å². The van der Waals surface area contributed by atoms with Crippen LogP contribution in [0.25, 0.3) is 0 Å². The summed E-state index contributed by atoms with van der Waals surface area (Å²) in [5.74, 6) is 1.32. The molecule has 0 bridgehead atoms. The first kappa shape index (κ1) is 17.3. The molecule has 0 aromatic heterocycles. The van der Waals surface area contributed by atoms with Crippen molar-refractivity contribution in [2.75, 3.05) is 26.1 Å². The van der Waals surface area contributed by atoms with Crippen LogP contribution in [-0.4, -0.2) is 32.4 Å². The number of benzene rings is 2. The summed E-state index contributed by atoms with van der Waals surface area (Å²) in [6.07, 6.45) is 0. The lowest BCUT2D eigenvalue weighted by Gasteiger charge is -2.07. The SMILES string of the molecule is COc1ccc(NCC(=O)N/N=C(\C)c2ccc(OC)cc2)cc1. The third-order valence-corrected chi connectivity index (χ3v) is 3.40. The van der Waals surface area contributed by atoms with E-state index in [0.717, 1.165) is 28.5 Å². The quantitative estimate of drug-likeness (QED) is 0.606. The largest absolute Gasteiger partial charge is 0.497 e. The van der Waals surface area contributed by atoms with Crippen LogP contribution in [0, 0.1) is 0 Å². The number of hydrogen-bond acceptors (Lipinski definition) is 5. The molecule has 2 aromatic rings. The number of ether oxygens (including phenoxy) is 2. The molecule has 0 saturated carbocycles. The molecule has 0 aliphatic heterocycles. The maximum atomic E-state index is 11.9. The van der Waals surface area contributed by atoms with E-state index in [1.807, 2.05) is 55.5 Å². The van der Waals surface area contributed by atoms with Gasteiger partial charge in [0.15, 0.2) is 0 Å². The Morgan fingerprint density at radius 2 is 1.50 bits per heavy atom. The summed E-state index contributed by atoms with van der Waals surface area (Å²) in [6, 6.07) is 14.8. The van der Waals surface area contributed by atoms with E-state index in [1.54, 1.807) is 14.2 Å². The first-order chi connectivity index (χ1) is 11.6. The molecule has 6 heteroatoms. The van der Waals surface area contributed by atoms with Crippen LogP contribution in [0.4, 0.5) is 5.69 Å². The predicted octanol–water partition coefficient (Wildman–Crippen LogP) is 2.66.